The van der Waals surface area contributed by atoms with Gasteiger partial charge in [-0.3, -0.25) is 9.59 Å². The predicted octanol–water partition coefficient (Wildman–Crippen LogP) is 3.23. The highest BCUT2D eigenvalue weighted by Gasteiger charge is 2.30. The Labute approximate surface area is 174 Å². The maximum atomic E-state index is 13.0. The number of primary sulfonamides is 1. The van der Waals surface area contributed by atoms with Gasteiger partial charge in [0.15, 0.2) is 0 Å². The first-order valence-corrected chi connectivity index (χ1v) is 11.2. The van der Waals surface area contributed by atoms with Crippen LogP contribution < -0.4 is 15.8 Å². The molecule has 1 aliphatic rings. The average molecular weight is 423 g/mol. The zero-order valence-corrected chi connectivity index (χ0v) is 16.9. The van der Waals surface area contributed by atoms with Crippen molar-refractivity contribution in [1.82, 2.24) is 0 Å². The van der Waals surface area contributed by atoms with Gasteiger partial charge < -0.3 is 10.6 Å². The van der Waals surface area contributed by atoms with Crippen LogP contribution in [0.4, 0.5) is 11.4 Å². The molecule has 0 radical (unpaired) electrons. The summed E-state index contributed by atoms with van der Waals surface area (Å²) in [5.74, 6) is -0.708. The number of fused-ring (bicyclic) bond motifs is 1. The van der Waals surface area contributed by atoms with Crippen LogP contribution >= 0.6 is 0 Å². The van der Waals surface area contributed by atoms with E-state index in [1.165, 1.54) is 0 Å². The molecule has 2 amide bonds. The Balaban J connectivity index is 1.60. The lowest BCUT2D eigenvalue weighted by atomic mass is 10.0. The zero-order chi connectivity index (χ0) is 21.3. The molecule has 4 rings (SSSR count). The smallest absolute Gasteiger partial charge is 0.257 e. The van der Waals surface area contributed by atoms with Crippen LogP contribution in [0.5, 0.6) is 0 Å². The number of anilines is 2. The molecule has 1 aliphatic carbocycles. The topological polar surface area (TPSA) is 118 Å². The Morgan fingerprint density at radius 2 is 1.57 bits per heavy atom. The van der Waals surface area contributed by atoms with Gasteiger partial charge in [-0.15, -0.1) is 0 Å². The van der Waals surface area contributed by atoms with E-state index in [1.807, 2.05) is 24.3 Å². The van der Waals surface area contributed by atoms with Crippen LogP contribution in [0.15, 0.2) is 60.7 Å². The molecule has 7 nitrogen and oxygen atoms in total. The predicted molar refractivity (Wildman–Crippen MR) is 117 cm³/mol. The fourth-order valence-electron chi connectivity index (χ4n) is 3.23. The first-order valence-electron chi connectivity index (χ1n) is 9.53. The summed E-state index contributed by atoms with van der Waals surface area (Å²) in [5, 5.41) is 12.6. The van der Waals surface area contributed by atoms with E-state index in [0.717, 1.165) is 23.6 Å². The first-order chi connectivity index (χ1) is 14.3. The number of carbonyl (C=O) groups is 2. The Morgan fingerprint density at radius 3 is 2.17 bits per heavy atom. The van der Waals surface area contributed by atoms with Gasteiger partial charge in [-0.1, -0.05) is 36.4 Å². The Hall–Kier alpha value is -3.23. The van der Waals surface area contributed by atoms with Gasteiger partial charge in [-0.05, 0) is 53.4 Å². The number of rotatable bonds is 6. The molecular formula is C22H21N3O4S. The first kappa shape index (κ1) is 20.1. The third kappa shape index (κ3) is 4.84. The van der Waals surface area contributed by atoms with E-state index in [2.05, 4.69) is 10.6 Å². The molecular weight excluding hydrogens is 402 g/mol. The maximum Gasteiger partial charge on any atom is 0.257 e. The quantitative estimate of drug-likeness (QED) is 0.564. The van der Waals surface area contributed by atoms with Gasteiger partial charge in [0.2, 0.25) is 15.9 Å². The summed E-state index contributed by atoms with van der Waals surface area (Å²) in [6.07, 6.45) is 1.73. The highest BCUT2D eigenvalue weighted by molar-refractivity contribution is 7.88. The number of nitrogens with one attached hydrogen (secondary N) is 2. The highest BCUT2D eigenvalue weighted by atomic mass is 32.2. The minimum atomic E-state index is -3.62. The normalized spacial score (nSPS) is 13.8. The molecule has 3 aromatic rings. The molecule has 1 fully saturated rings. The number of carbonyl (C=O) groups excluding carboxylic acids is 2. The molecule has 0 saturated heterocycles. The van der Waals surface area contributed by atoms with Crippen molar-refractivity contribution in [2.75, 3.05) is 10.6 Å². The molecule has 8 heteroatoms. The molecule has 3 aromatic carbocycles. The Bertz CT molecular complexity index is 1230. The number of benzene rings is 3. The number of hydrogen-bond acceptors (Lipinski definition) is 4. The fraction of sp³-hybridized carbons (Fsp3) is 0.182. The second-order valence-electron chi connectivity index (χ2n) is 7.47. The van der Waals surface area contributed by atoms with Gasteiger partial charge in [0.25, 0.3) is 5.91 Å². The molecule has 0 aliphatic heterocycles. The van der Waals surface area contributed by atoms with E-state index in [0.29, 0.717) is 22.5 Å². The number of nitrogens with two attached hydrogens (primary N) is 1. The van der Waals surface area contributed by atoms with Crippen molar-refractivity contribution < 1.29 is 18.0 Å². The van der Waals surface area contributed by atoms with Crippen molar-refractivity contribution >= 4 is 44.0 Å². The Kier molecular flexibility index (Phi) is 5.27. The van der Waals surface area contributed by atoms with Crippen molar-refractivity contribution in [3.05, 3.63) is 71.8 Å². The summed E-state index contributed by atoms with van der Waals surface area (Å²) in [4.78, 5) is 25.3. The van der Waals surface area contributed by atoms with E-state index in [1.54, 1.807) is 36.4 Å². The summed E-state index contributed by atoms with van der Waals surface area (Å²) in [5.41, 5.74) is 1.86. The number of amides is 2. The van der Waals surface area contributed by atoms with Crippen molar-refractivity contribution in [3.63, 3.8) is 0 Å². The van der Waals surface area contributed by atoms with E-state index in [-0.39, 0.29) is 23.5 Å². The van der Waals surface area contributed by atoms with Crippen LogP contribution in [-0.4, -0.2) is 20.2 Å². The lowest BCUT2D eigenvalue weighted by molar-refractivity contribution is -0.117. The molecule has 0 heterocycles. The lowest BCUT2D eigenvalue weighted by Gasteiger charge is -2.13. The number of sulfonamides is 1. The Morgan fingerprint density at radius 1 is 0.933 bits per heavy atom. The van der Waals surface area contributed by atoms with Crippen LogP contribution in [0.3, 0.4) is 0 Å². The summed E-state index contributed by atoms with van der Waals surface area (Å²) in [6, 6.07) is 17.6. The molecule has 0 bridgehead atoms. The number of hydrogen-bond donors (Lipinski definition) is 3. The largest absolute Gasteiger partial charge is 0.325 e. The van der Waals surface area contributed by atoms with Gasteiger partial charge in [0, 0.05) is 11.6 Å². The van der Waals surface area contributed by atoms with Crippen LogP contribution in [0.1, 0.15) is 28.8 Å². The molecule has 154 valence electrons. The second kappa shape index (κ2) is 7.89. The second-order valence-corrected chi connectivity index (χ2v) is 9.08. The molecule has 0 spiro atoms. The average Bonchev–Trinajstić information content (AvgIpc) is 3.53. The van der Waals surface area contributed by atoms with Crippen molar-refractivity contribution in [1.29, 1.82) is 0 Å². The van der Waals surface area contributed by atoms with Crippen LogP contribution in [0.2, 0.25) is 0 Å². The van der Waals surface area contributed by atoms with Crippen molar-refractivity contribution in [3.8, 4) is 0 Å². The van der Waals surface area contributed by atoms with Gasteiger partial charge in [0.05, 0.1) is 17.0 Å². The summed E-state index contributed by atoms with van der Waals surface area (Å²) < 4.78 is 22.4. The minimum Gasteiger partial charge on any atom is -0.325 e. The summed E-state index contributed by atoms with van der Waals surface area (Å²) in [7, 11) is -3.62. The van der Waals surface area contributed by atoms with E-state index < -0.39 is 10.0 Å². The summed E-state index contributed by atoms with van der Waals surface area (Å²) >= 11 is 0. The fourth-order valence-corrected chi connectivity index (χ4v) is 3.88. The highest BCUT2D eigenvalue weighted by Crippen LogP contribution is 2.32. The van der Waals surface area contributed by atoms with E-state index >= 15 is 0 Å². The monoisotopic (exact) mass is 423 g/mol. The van der Waals surface area contributed by atoms with Crippen molar-refractivity contribution in [2.24, 2.45) is 11.1 Å². The third-order valence-corrected chi connectivity index (χ3v) is 5.65. The molecule has 1 saturated carbocycles. The van der Waals surface area contributed by atoms with Gasteiger partial charge in [-0.25, -0.2) is 13.6 Å². The van der Waals surface area contributed by atoms with Crippen molar-refractivity contribution in [2.45, 2.75) is 18.6 Å². The van der Waals surface area contributed by atoms with Gasteiger partial charge in [-0.2, -0.15) is 0 Å². The van der Waals surface area contributed by atoms with E-state index in [4.69, 9.17) is 5.14 Å². The third-order valence-electron chi connectivity index (χ3n) is 4.92. The standard InChI is InChI=1S/C22H21N3O4S/c23-30(28,29)13-14-5-9-18(10-6-14)24-22(27)19-11-16-3-1-2-4-17(16)12-20(19)25-21(26)15-7-8-15/h1-6,9-12,15H,7-8,13H2,(H,24,27)(H,25,26)(H2,23,28,29). The molecule has 0 unspecified atom stereocenters. The summed E-state index contributed by atoms with van der Waals surface area (Å²) in [6.45, 7) is 0. The maximum absolute atomic E-state index is 13.0. The molecule has 0 aromatic heterocycles. The molecule has 30 heavy (non-hydrogen) atoms. The van der Waals surface area contributed by atoms with Crippen LogP contribution in [-0.2, 0) is 20.6 Å². The van der Waals surface area contributed by atoms with Crippen LogP contribution in [0.25, 0.3) is 10.8 Å². The van der Waals surface area contributed by atoms with E-state index in [9.17, 15) is 18.0 Å². The minimum absolute atomic E-state index is 0.0127. The SMILES string of the molecule is NS(=O)(=O)Cc1ccc(NC(=O)c2cc3ccccc3cc2NC(=O)C2CC2)cc1. The zero-order valence-electron chi connectivity index (χ0n) is 16.1. The van der Waals surface area contributed by atoms with Gasteiger partial charge >= 0.3 is 0 Å². The van der Waals surface area contributed by atoms with Gasteiger partial charge in [0.1, 0.15) is 0 Å². The molecule has 4 N–H and O–H groups in total. The van der Waals surface area contributed by atoms with Crippen LogP contribution in [0, 0.1) is 5.92 Å². The lowest BCUT2D eigenvalue weighted by Crippen LogP contribution is -2.19. The molecule has 0 atom stereocenters.